The van der Waals surface area contributed by atoms with Crippen molar-refractivity contribution in [3.8, 4) is 5.75 Å². The maximum absolute atomic E-state index is 12.2. The minimum Gasteiger partial charge on any atom is -0.490 e. The summed E-state index contributed by atoms with van der Waals surface area (Å²) in [5.41, 5.74) is 0.601. The highest BCUT2D eigenvalue weighted by molar-refractivity contribution is 5.25. The van der Waals surface area contributed by atoms with Crippen LogP contribution in [0.2, 0.25) is 0 Å². The first-order valence-electron chi connectivity index (χ1n) is 7.09. The Morgan fingerprint density at radius 3 is 2.62 bits per heavy atom. The molecular weight excluding hydrogens is 283 g/mol. The normalized spacial score (nSPS) is 12.0. The van der Waals surface area contributed by atoms with Crippen molar-refractivity contribution in [3.63, 3.8) is 0 Å². The van der Waals surface area contributed by atoms with E-state index < -0.39 is 19.2 Å². The molecule has 0 saturated carbocycles. The van der Waals surface area contributed by atoms with Crippen molar-refractivity contribution in [1.29, 1.82) is 0 Å². The number of halogens is 3. The van der Waals surface area contributed by atoms with Crippen LogP contribution in [-0.2, 0) is 6.54 Å². The maximum atomic E-state index is 12.2. The van der Waals surface area contributed by atoms with Crippen molar-refractivity contribution in [2.24, 2.45) is 0 Å². The number of ether oxygens (including phenoxy) is 1. The van der Waals surface area contributed by atoms with Gasteiger partial charge in [-0.3, -0.25) is 0 Å². The Kier molecular flexibility index (Phi) is 6.87. The molecule has 120 valence electrons. The molecule has 0 radical (unpaired) electrons. The molecule has 1 N–H and O–H groups in total. The van der Waals surface area contributed by atoms with Gasteiger partial charge in [-0.2, -0.15) is 13.2 Å². The van der Waals surface area contributed by atoms with Crippen LogP contribution in [0, 0.1) is 0 Å². The Balaban J connectivity index is 2.75. The van der Waals surface area contributed by atoms with Crippen LogP contribution >= 0.6 is 0 Å². The summed E-state index contributed by atoms with van der Waals surface area (Å²) in [7, 11) is 0. The van der Waals surface area contributed by atoms with Gasteiger partial charge in [0.05, 0.1) is 24.9 Å². The van der Waals surface area contributed by atoms with Gasteiger partial charge in [-0.05, 0) is 13.0 Å². The standard InChI is InChI=1S/C14H22F3N3O/c1-4-6-18-8-11-12(21-7-5-14(15,16)17)9-19-13(20-11)10(2)3/h9-10,18H,4-8H2,1-3H3. The third kappa shape index (κ3) is 6.75. The summed E-state index contributed by atoms with van der Waals surface area (Å²) >= 11 is 0. The fourth-order valence-electron chi connectivity index (χ4n) is 1.61. The summed E-state index contributed by atoms with van der Waals surface area (Å²) in [4.78, 5) is 8.52. The zero-order valence-electron chi connectivity index (χ0n) is 12.6. The van der Waals surface area contributed by atoms with E-state index in [1.807, 2.05) is 20.8 Å². The second-order valence-corrected chi connectivity index (χ2v) is 5.08. The largest absolute Gasteiger partial charge is 0.490 e. The lowest BCUT2D eigenvalue weighted by Crippen LogP contribution is -2.18. The molecule has 0 aromatic carbocycles. The molecule has 0 unspecified atom stereocenters. The topological polar surface area (TPSA) is 47.0 Å². The van der Waals surface area contributed by atoms with Crippen molar-refractivity contribution >= 4 is 0 Å². The molecule has 7 heteroatoms. The first kappa shape index (κ1) is 17.7. The van der Waals surface area contributed by atoms with Gasteiger partial charge in [-0.1, -0.05) is 20.8 Å². The number of hydrogen-bond donors (Lipinski definition) is 1. The van der Waals surface area contributed by atoms with E-state index in [1.165, 1.54) is 6.20 Å². The fraction of sp³-hybridized carbons (Fsp3) is 0.714. The van der Waals surface area contributed by atoms with Crippen molar-refractivity contribution in [2.45, 2.75) is 52.3 Å². The zero-order valence-corrected chi connectivity index (χ0v) is 12.6. The Labute approximate surface area is 123 Å². The van der Waals surface area contributed by atoms with E-state index in [9.17, 15) is 13.2 Å². The lowest BCUT2D eigenvalue weighted by Gasteiger charge is -2.14. The molecular formula is C14H22F3N3O. The molecule has 0 aliphatic heterocycles. The highest BCUT2D eigenvalue weighted by Gasteiger charge is 2.27. The summed E-state index contributed by atoms with van der Waals surface area (Å²) < 4.78 is 41.7. The molecule has 0 bridgehead atoms. The number of aromatic nitrogens is 2. The molecule has 0 atom stereocenters. The van der Waals surface area contributed by atoms with Gasteiger partial charge in [0.1, 0.15) is 5.82 Å². The van der Waals surface area contributed by atoms with Crippen LogP contribution in [0.25, 0.3) is 0 Å². The van der Waals surface area contributed by atoms with Crippen molar-refractivity contribution in [1.82, 2.24) is 15.3 Å². The van der Waals surface area contributed by atoms with E-state index in [4.69, 9.17) is 4.74 Å². The van der Waals surface area contributed by atoms with Gasteiger partial charge >= 0.3 is 6.18 Å². The lowest BCUT2D eigenvalue weighted by atomic mass is 10.2. The Bertz CT molecular complexity index is 436. The van der Waals surface area contributed by atoms with Crippen molar-refractivity contribution < 1.29 is 17.9 Å². The SMILES string of the molecule is CCCNCc1nc(C(C)C)ncc1OCCC(F)(F)F. The van der Waals surface area contributed by atoms with E-state index in [0.717, 1.165) is 13.0 Å². The molecule has 1 rings (SSSR count). The van der Waals surface area contributed by atoms with Gasteiger partial charge in [0.15, 0.2) is 5.75 Å². The summed E-state index contributed by atoms with van der Waals surface area (Å²) in [6.07, 6.45) is -2.78. The van der Waals surface area contributed by atoms with Gasteiger partial charge in [0.2, 0.25) is 0 Å². The molecule has 0 saturated heterocycles. The summed E-state index contributed by atoms with van der Waals surface area (Å²) in [5.74, 6) is 1.12. The molecule has 0 spiro atoms. The summed E-state index contributed by atoms with van der Waals surface area (Å²) in [6, 6.07) is 0. The first-order valence-corrected chi connectivity index (χ1v) is 7.09. The van der Waals surface area contributed by atoms with E-state index in [1.54, 1.807) is 0 Å². The van der Waals surface area contributed by atoms with Crippen molar-refractivity contribution in [3.05, 3.63) is 17.7 Å². The van der Waals surface area contributed by atoms with Crippen LogP contribution in [0.1, 0.15) is 51.0 Å². The van der Waals surface area contributed by atoms with Crippen LogP contribution in [0.3, 0.4) is 0 Å². The van der Waals surface area contributed by atoms with Gasteiger partial charge in [-0.15, -0.1) is 0 Å². The quantitative estimate of drug-likeness (QED) is 0.748. The van der Waals surface area contributed by atoms with Crippen LogP contribution in [0.5, 0.6) is 5.75 Å². The predicted octanol–water partition coefficient (Wildman–Crippen LogP) is 3.43. The smallest absolute Gasteiger partial charge is 0.392 e. The summed E-state index contributed by atoms with van der Waals surface area (Å²) in [5, 5.41) is 3.17. The molecule has 1 aromatic rings. The molecule has 21 heavy (non-hydrogen) atoms. The predicted molar refractivity (Wildman–Crippen MR) is 74.3 cm³/mol. The number of rotatable bonds is 8. The molecule has 0 aliphatic rings. The maximum Gasteiger partial charge on any atom is 0.392 e. The average Bonchev–Trinajstić information content (AvgIpc) is 2.38. The number of hydrogen-bond acceptors (Lipinski definition) is 4. The second-order valence-electron chi connectivity index (χ2n) is 5.08. The monoisotopic (exact) mass is 305 g/mol. The number of nitrogens with zero attached hydrogens (tertiary/aromatic N) is 2. The Morgan fingerprint density at radius 1 is 1.33 bits per heavy atom. The summed E-state index contributed by atoms with van der Waals surface area (Å²) in [6.45, 7) is 6.80. The van der Waals surface area contributed by atoms with Gasteiger partial charge in [0.25, 0.3) is 0 Å². The number of nitrogens with one attached hydrogen (secondary N) is 1. The lowest BCUT2D eigenvalue weighted by molar-refractivity contribution is -0.139. The Hall–Kier alpha value is -1.37. The fourth-order valence-corrected chi connectivity index (χ4v) is 1.61. The van der Waals surface area contributed by atoms with Gasteiger partial charge in [-0.25, -0.2) is 9.97 Å². The minimum absolute atomic E-state index is 0.152. The Morgan fingerprint density at radius 2 is 2.05 bits per heavy atom. The second kappa shape index (κ2) is 8.17. The zero-order chi connectivity index (χ0) is 15.9. The van der Waals surface area contributed by atoms with Crippen LogP contribution in [-0.4, -0.2) is 29.3 Å². The highest BCUT2D eigenvalue weighted by atomic mass is 19.4. The van der Waals surface area contributed by atoms with Crippen LogP contribution in [0.15, 0.2) is 6.20 Å². The average molecular weight is 305 g/mol. The third-order valence-corrected chi connectivity index (χ3v) is 2.73. The third-order valence-electron chi connectivity index (χ3n) is 2.73. The van der Waals surface area contributed by atoms with E-state index in [-0.39, 0.29) is 5.92 Å². The van der Waals surface area contributed by atoms with Gasteiger partial charge < -0.3 is 10.1 Å². The molecule has 0 aliphatic carbocycles. The molecule has 1 aromatic heterocycles. The molecule has 0 amide bonds. The van der Waals surface area contributed by atoms with E-state index in [0.29, 0.717) is 23.8 Å². The first-order chi connectivity index (χ1) is 9.83. The minimum atomic E-state index is -4.22. The molecule has 1 heterocycles. The van der Waals surface area contributed by atoms with Crippen LogP contribution in [0.4, 0.5) is 13.2 Å². The van der Waals surface area contributed by atoms with E-state index >= 15 is 0 Å². The molecule has 4 nitrogen and oxygen atoms in total. The molecule has 0 fully saturated rings. The van der Waals surface area contributed by atoms with Gasteiger partial charge in [0, 0.05) is 12.5 Å². The highest BCUT2D eigenvalue weighted by Crippen LogP contribution is 2.22. The van der Waals surface area contributed by atoms with Crippen LogP contribution < -0.4 is 10.1 Å². The van der Waals surface area contributed by atoms with Crippen molar-refractivity contribution in [2.75, 3.05) is 13.2 Å². The number of alkyl halides is 3. The van der Waals surface area contributed by atoms with E-state index in [2.05, 4.69) is 15.3 Å².